The van der Waals surface area contributed by atoms with Crippen molar-refractivity contribution in [1.29, 1.82) is 0 Å². The number of amides is 4. The lowest BCUT2D eigenvalue weighted by Gasteiger charge is -2.59. The van der Waals surface area contributed by atoms with Gasteiger partial charge in [-0.2, -0.15) is 11.8 Å². The maximum atomic E-state index is 12.6. The van der Waals surface area contributed by atoms with E-state index in [1.165, 1.54) is 38.5 Å². The number of urea groups is 1. The normalized spacial score (nSPS) is 38.2. The van der Waals surface area contributed by atoms with Crippen LogP contribution in [0.2, 0.25) is 0 Å². The number of hydrogen-bond donors (Lipinski definition) is 2. The molecule has 27 heavy (non-hydrogen) atoms. The zero-order valence-electron chi connectivity index (χ0n) is 16.3. The summed E-state index contributed by atoms with van der Waals surface area (Å²) in [5.74, 6) is 2.81. The van der Waals surface area contributed by atoms with Crippen molar-refractivity contribution < 1.29 is 14.4 Å². The van der Waals surface area contributed by atoms with Crippen molar-refractivity contribution in [2.24, 2.45) is 23.2 Å². The molecule has 4 saturated carbocycles. The number of carbonyl (C=O) groups excluding carboxylic acids is 3. The second-order valence-electron chi connectivity index (χ2n) is 9.28. The smallest absolute Gasteiger partial charge is 0.325 e. The van der Waals surface area contributed by atoms with Gasteiger partial charge in [-0.3, -0.25) is 14.5 Å². The molecule has 2 N–H and O–H groups in total. The summed E-state index contributed by atoms with van der Waals surface area (Å²) in [6.07, 6.45) is 10.4. The molecule has 0 spiro atoms. The molecule has 150 valence electrons. The molecule has 6 nitrogen and oxygen atoms in total. The minimum Gasteiger partial charge on any atom is -0.352 e. The van der Waals surface area contributed by atoms with Gasteiger partial charge in [0.25, 0.3) is 5.91 Å². The molecule has 1 aliphatic heterocycles. The van der Waals surface area contributed by atoms with Crippen LogP contribution >= 0.6 is 11.8 Å². The van der Waals surface area contributed by atoms with E-state index in [0.717, 1.165) is 28.4 Å². The maximum Gasteiger partial charge on any atom is 0.325 e. The largest absolute Gasteiger partial charge is 0.352 e. The van der Waals surface area contributed by atoms with Gasteiger partial charge in [0.15, 0.2) is 0 Å². The summed E-state index contributed by atoms with van der Waals surface area (Å²) in [6, 6.07) is -0.825. The first-order chi connectivity index (χ1) is 12.9. The highest BCUT2D eigenvalue weighted by atomic mass is 32.2. The highest BCUT2D eigenvalue weighted by Gasteiger charge is 2.53. The van der Waals surface area contributed by atoms with Gasteiger partial charge in [0.1, 0.15) is 12.6 Å². The summed E-state index contributed by atoms with van der Waals surface area (Å²) in [7, 11) is 0. The van der Waals surface area contributed by atoms with E-state index in [4.69, 9.17) is 0 Å². The van der Waals surface area contributed by atoms with E-state index in [1.54, 1.807) is 11.8 Å². The van der Waals surface area contributed by atoms with Crippen molar-refractivity contribution in [3.63, 3.8) is 0 Å². The molecule has 0 aromatic heterocycles. The average Bonchev–Trinajstić information content (AvgIpc) is 2.86. The molecular formula is C20H31N3O3S. The Morgan fingerprint density at radius 3 is 2.37 bits per heavy atom. The zero-order chi connectivity index (χ0) is 19.2. The Morgan fingerprint density at radius 2 is 1.81 bits per heavy atom. The number of hydrogen-bond acceptors (Lipinski definition) is 4. The summed E-state index contributed by atoms with van der Waals surface area (Å²) in [6.45, 7) is 1.95. The molecule has 4 bridgehead atoms. The number of thioether (sulfide) groups is 1. The van der Waals surface area contributed by atoms with E-state index < -0.39 is 12.1 Å². The van der Waals surface area contributed by atoms with Crippen molar-refractivity contribution in [2.75, 3.05) is 18.6 Å². The van der Waals surface area contributed by atoms with Gasteiger partial charge >= 0.3 is 6.03 Å². The lowest BCUT2D eigenvalue weighted by molar-refractivity contribution is -0.134. The molecule has 1 heterocycles. The number of imide groups is 1. The van der Waals surface area contributed by atoms with E-state index in [1.807, 2.05) is 6.26 Å². The topological polar surface area (TPSA) is 78.5 Å². The Morgan fingerprint density at radius 1 is 1.22 bits per heavy atom. The summed E-state index contributed by atoms with van der Waals surface area (Å²) < 4.78 is 0. The number of nitrogens with one attached hydrogen (secondary N) is 2. The van der Waals surface area contributed by atoms with Crippen LogP contribution in [0.1, 0.15) is 51.9 Å². The van der Waals surface area contributed by atoms with Gasteiger partial charge in [-0.05, 0) is 87.0 Å². The standard InChI is InChI=1S/C20H31N3O3S/c1-12(20-8-13-5-14(9-20)7-15(6-13)10-20)21-17(24)11-23-18(25)16(3-4-27-2)22-19(23)26/h12-16H,3-11H2,1-2H3,(H,21,24)(H,22,26)/t12-,13?,14?,15?,16+,20?/m0/s1. The van der Waals surface area contributed by atoms with Gasteiger partial charge in [0.05, 0.1) is 0 Å². The molecule has 5 aliphatic rings. The third-order valence-electron chi connectivity index (χ3n) is 7.40. The first-order valence-electron chi connectivity index (χ1n) is 10.3. The second kappa shape index (κ2) is 7.30. The van der Waals surface area contributed by atoms with Crippen LogP contribution in [0.15, 0.2) is 0 Å². The summed E-state index contributed by atoms with van der Waals surface area (Å²) in [4.78, 5) is 38.2. The van der Waals surface area contributed by atoms with E-state index in [9.17, 15) is 14.4 Å². The first-order valence-corrected chi connectivity index (χ1v) is 11.7. The minimum absolute atomic E-state index is 0.103. The minimum atomic E-state index is -0.488. The molecular weight excluding hydrogens is 362 g/mol. The number of rotatable bonds is 7. The van der Waals surface area contributed by atoms with Crippen LogP contribution in [0.25, 0.3) is 0 Å². The monoisotopic (exact) mass is 393 g/mol. The SMILES string of the molecule is CSCC[C@H]1NC(=O)N(CC(=O)N[C@@H](C)C23CC4CC(CC(C4)C2)C3)C1=O. The molecule has 7 heteroatoms. The number of nitrogens with zero attached hydrogens (tertiary/aromatic N) is 1. The highest BCUT2D eigenvalue weighted by Crippen LogP contribution is 2.61. The van der Waals surface area contributed by atoms with Gasteiger partial charge in [-0.1, -0.05) is 0 Å². The van der Waals surface area contributed by atoms with Gasteiger partial charge < -0.3 is 10.6 Å². The molecule has 5 fully saturated rings. The lowest BCUT2D eigenvalue weighted by Crippen LogP contribution is -2.57. The van der Waals surface area contributed by atoms with E-state index in [2.05, 4.69) is 17.6 Å². The van der Waals surface area contributed by atoms with Crippen LogP contribution in [0, 0.1) is 23.2 Å². The molecule has 0 aromatic carbocycles. The second-order valence-corrected chi connectivity index (χ2v) is 10.3. The summed E-state index contributed by atoms with van der Waals surface area (Å²) >= 11 is 1.64. The van der Waals surface area contributed by atoms with E-state index in [-0.39, 0.29) is 29.8 Å². The van der Waals surface area contributed by atoms with Crippen molar-refractivity contribution in [2.45, 2.75) is 64.0 Å². The fourth-order valence-electron chi connectivity index (χ4n) is 6.45. The predicted octanol–water partition coefficient (Wildman–Crippen LogP) is 2.38. The molecule has 4 amide bonds. The summed E-state index contributed by atoms with van der Waals surface area (Å²) in [5, 5.41) is 5.85. The number of carbonyl (C=O) groups is 3. The molecule has 0 radical (unpaired) electrons. The van der Waals surface area contributed by atoms with Crippen LogP contribution < -0.4 is 10.6 Å². The Balaban J connectivity index is 1.34. The predicted molar refractivity (Wildman–Crippen MR) is 105 cm³/mol. The fourth-order valence-corrected chi connectivity index (χ4v) is 6.92. The van der Waals surface area contributed by atoms with Crippen molar-refractivity contribution in [3.8, 4) is 0 Å². The van der Waals surface area contributed by atoms with Crippen molar-refractivity contribution in [3.05, 3.63) is 0 Å². The average molecular weight is 394 g/mol. The van der Waals surface area contributed by atoms with Crippen LogP contribution in [-0.2, 0) is 9.59 Å². The fraction of sp³-hybridized carbons (Fsp3) is 0.850. The summed E-state index contributed by atoms with van der Waals surface area (Å²) in [5.41, 5.74) is 0.225. The highest BCUT2D eigenvalue weighted by molar-refractivity contribution is 7.98. The van der Waals surface area contributed by atoms with E-state index in [0.29, 0.717) is 6.42 Å². The Hall–Kier alpha value is -1.24. The molecule has 2 atom stereocenters. The molecule has 0 unspecified atom stereocenters. The third kappa shape index (κ3) is 3.59. The van der Waals surface area contributed by atoms with Crippen LogP contribution in [-0.4, -0.2) is 53.4 Å². The quantitative estimate of drug-likeness (QED) is 0.651. The van der Waals surface area contributed by atoms with Gasteiger partial charge in [-0.25, -0.2) is 4.79 Å². The Kier molecular flexibility index (Phi) is 5.16. The van der Waals surface area contributed by atoms with Gasteiger partial charge in [-0.15, -0.1) is 0 Å². The maximum absolute atomic E-state index is 12.6. The van der Waals surface area contributed by atoms with Crippen molar-refractivity contribution >= 4 is 29.6 Å². The van der Waals surface area contributed by atoms with Crippen molar-refractivity contribution in [1.82, 2.24) is 15.5 Å². The zero-order valence-corrected chi connectivity index (χ0v) is 17.1. The molecule has 0 aromatic rings. The van der Waals surface area contributed by atoms with Crippen LogP contribution in [0.4, 0.5) is 4.79 Å². The first kappa shape index (κ1) is 19.1. The molecule has 1 saturated heterocycles. The van der Waals surface area contributed by atoms with Crippen LogP contribution in [0.5, 0.6) is 0 Å². The van der Waals surface area contributed by atoms with Crippen LogP contribution in [0.3, 0.4) is 0 Å². The molecule has 5 rings (SSSR count). The molecule has 4 aliphatic carbocycles. The Labute approximate surface area is 165 Å². The van der Waals surface area contributed by atoms with Gasteiger partial charge in [0.2, 0.25) is 5.91 Å². The van der Waals surface area contributed by atoms with Gasteiger partial charge in [0, 0.05) is 6.04 Å². The third-order valence-corrected chi connectivity index (χ3v) is 8.04. The van der Waals surface area contributed by atoms with E-state index >= 15 is 0 Å². The Bertz CT molecular complexity index is 603. The lowest BCUT2D eigenvalue weighted by atomic mass is 9.48.